The molecular formula is C20H29N3O3. The Kier molecular flexibility index (Phi) is 9.00. The van der Waals surface area contributed by atoms with E-state index in [2.05, 4.69) is 17.2 Å². The third-order valence-corrected chi connectivity index (χ3v) is 4.34. The SMILES string of the molecule is CCCCCCCCn1nnc(C=O)c1C(O)COCc1ccccc1. The minimum atomic E-state index is -0.922. The van der Waals surface area contributed by atoms with Crippen molar-refractivity contribution in [3.63, 3.8) is 0 Å². The topological polar surface area (TPSA) is 77.2 Å². The fourth-order valence-corrected chi connectivity index (χ4v) is 2.91. The summed E-state index contributed by atoms with van der Waals surface area (Å²) in [4.78, 5) is 11.2. The zero-order valence-electron chi connectivity index (χ0n) is 15.5. The summed E-state index contributed by atoms with van der Waals surface area (Å²) in [7, 11) is 0. The van der Waals surface area contributed by atoms with Crippen LogP contribution in [0.2, 0.25) is 0 Å². The summed E-state index contributed by atoms with van der Waals surface area (Å²) in [6.45, 7) is 3.36. The van der Waals surface area contributed by atoms with Crippen LogP contribution in [0.4, 0.5) is 0 Å². The van der Waals surface area contributed by atoms with Crippen molar-refractivity contribution in [3.8, 4) is 0 Å². The van der Waals surface area contributed by atoms with Gasteiger partial charge in [-0.2, -0.15) is 0 Å². The average Bonchev–Trinajstić information content (AvgIpc) is 3.08. The van der Waals surface area contributed by atoms with Crippen LogP contribution in [0.15, 0.2) is 30.3 Å². The van der Waals surface area contributed by atoms with Crippen molar-refractivity contribution < 1.29 is 14.6 Å². The van der Waals surface area contributed by atoms with Crippen LogP contribution in [0.1, 0.15) is 73.3 Å². The maximum atomic E-state index is 11.2. The molecule has 1 N–H and O–H groups in total. The van der Waals surface area contributed by atoms with E-state index in [1.54, 1.807) is 4.68 Å². The van der Waals surface area contributed by atoms with Gasteiger partial charge < -0.3 is 9.84 Å². The maximum Gasteiger partial charge on any atom is 0.172 e. The minimum absolute atomic E-state index is 0.0968. The van der Waals surface area contributed by atoms with Gasteiger partial charge in [0.25, 0.3) is 0 Å². The van der Waals surface area contributed by atoms with Gasteiger partial charge in [-0.15, -0.1) is 5.10 Å². The molecule has 0 spiro atoms. The molecule has 26 heavy (non-hydrogen) atoms. The van der Waals surface area contributed by atoms with Crippen LogP contribution >= 0.6 is 0 Å². The lowest BCUT2D eigenvalue weighted by molar-refractivity contribution is 0.0230. The van der Waals surface area contributed by atoms with E-state index >= 15 is 0 Å². The molecule has 0 radical (unpaired) electrons. The molecule has 0 saturated heterocycles. The molecule has 6 heteroatoms. The van der Waals surface area contributed by atoms with E-state index in [9.17, 15) is 9.90 Å². The fraction of sp³-hybridized carbons (Fsp3) is 0.550. The summed E-state index contributed by atoms with van der Waals surface area (Å²) >= 11 is 0. The number of hydrogen-bond donors (Lipinski definition) is 1. The lowest BCUT2D eigenvalue weighted by atomic mass is 10.1. The van der Waals surface area contributed by atoms with Crippen molar-refractivity contribution in [3.05, 3.63) is 47.3 Å². The number of rotatable bonds is 13. The number of aliphatic hydroxyl groups is 1. The van der Waals surface area contributed by atoms with E-state index in [4.69, 9.17) is 4.74 Å². The molecule has 0 aliphatic carbocycles. The van der Waals surface area contributed by atoms with Crippen molar-refractivity contribution in [2.45, 2.75) is 64.7 Å². The van der Waals surface area contributed by atoms with E-state index < -0.39 is 6.10 Å². The number of carbonyl (C=O) groups is 1. The predicted molar refractivity (Wildman–Crippen MR) is 99.8 cm³/mol. The first-order valence-electron chi connectivity index (χ1n) is 9.44. The summed E-state index contributed by atoms with van der Waals surface area (Å²) in [6.07, 6.45) is 6.71. The monoisotopic (exact) mass is 359 g/mol. The van der Waals surface area contributed by atoms with E-state index in [1.165, 1.54) is 25.7 Å². The number of nitrogens with zero attached hydrogens (tertiary/aromatic N) is 3. The summed E-state index contributed by atoms with van der Waals surface area (Å²) in [5.41, 5.74) is 1.67. The standard InChI is InChI=1S/C20H29N3O3/c1-2-3-4-5-6-10-13-23-20(18(14-24)21-22-23)19(25)16-26-15-17-11-8-7-9-12-17/h7-9,11-12,14,19,25H,2-6,10,13,15-16H2,1H3. The van der Waals surface area contributed by atoms with Crippen LogP contribution in [0.25, 0.3) is 0 Å². The van der Waals surface area contributed by atoms with Crippen molar-refractivity contribution in [1.82, 2.24) is 15.0 Å². The number of carbonyl (C=O) groups excluding carboxylic acids is 1. The molecule has 0 amide bonds. The average molecular weight is 359 g/mol. The van der Waals surface area contributed by atoms with Gasteiger partial charge in [0.15, 0.2) is 12.0 Å². The Morgan fingerprint density at radius 3 is 2.62 bits per heavy atom. The number of aldehydes is 1. The van der Waals surface area contributed by atoms with Crippen molar-refractivity contribution >= 4 is 6.29 Å². The van der Waals surface area contributed by atoms with Crippen molar-refractivity contribution in [1.29, 1.82) is 0 Å². The highest BCUT2D eigenvalue weighted by Crippen LogP contribution is 2.17. The summed E-state index contributed by atoms with van der Waals surface area (Å²) in [5, 5.41) is 18.4. The summed E-state index contributed by atoms with van der Waals surface area (Å²) < 4.78 is 7.23. The van der Waals surface area contributed by atoms with Gasteiger partial charge in [0, 0.05) is 6.54 Å². The zero-order chi connectivity index (χ0) is 18.6. The number of aromatic nitrogens is 3. The lowest BCUT2D eigenvalue weighted by Crippen LogP contribution is -2.15. The second kappa shape index (κ2) is 11.5. The Morgan fingerprint density at radius 1 is 1.15 bits per heavy atom. The molecule has 6 nitrogen and oxygen atoms in total. The number of unbranched alkanes of at least 4 members (excludes halogenated alkanes) is 5. The maximum absolute atomic E-state index is 11.2. The molecule has 0 aliphatic heterocycles. The molecule has 1 heterocycles. The zero-order valence-corrected chi connectivity index (χ0v) is 15.5. The fourth-order valence-electron chi connectivity index (χ4n) is 2.91. The van der Waals surface area contributed by atoms with E-state index in [-0.39, 0.29) is 12.3 Å². The van der Waals surface area contributed by atoms with Gasteiger partial charge in [0.05, 0.1) is 13.2 Å². The van der Waals surface area contributed by atoms with Gasteiger partial charge in [-0.05, 0) is 12.0 Å². The van der Waals surface area contributed by atoms with Gasteiger partial charge in [-0.3, -0.25) is 4.79 Å². The van der Waals surface area contributed by atoms with E-state index in [1.807, 2.05) is 30.3 Å². The highest BCUT2D eigenvalue weighted by molar-refractivity contribution is 5.73. The van der Waals surface area contributed by atoms with Crippen LogP contribution in [0, 0.1) is 0 Å². The Labute approximate surface area is 155 Å². The molecule has 0 bridgehead atoms. The minimum Gasteiger partial charge on any atom is -0.384 e. The first-order valence-corrected chi connectivity index (χ1v) is 9.44. The predicted octanol–water partition coefficient (Wildman–Crippen LogP) is 3.70. The molecule has 0 saturated carbocycles. The Bertz CT molecular complexity index is 643. The Hall–Kier alpha value is -2.05. The number of aliphatic hydroxyl groups excluding tert-OH is 1. The van der Waals surface area contributed by atoms with Crippen LogP contribution in [-0.2, 0) is 17.9 Å². The number of aryl methyl sites for hydroxylation is 1. The number of hydrogen-bond acceptors (Lipinski definition) is 5. The summed E-state index contributed by atoms with van der Waals surface area (Å²) in [6, 6.07) is 9.76. The smallest absolute Gasteiger partial charge is 0.172 e. The molecular weight excluding hydrogens is 330 g/mol. The van der Waals surface area contributed by atoms with E-state index in [0.717, 1.165) is 18.4 Å². The molecule has 2 rings (SSSR count). The highest BCUT2D eigenvalue weighted by atomic mass is 16.5. The molecule has 0 aliphatic rings. The van der Waals surface area contributed by atoms with Crippen molar-refractivity contribution in [2.24, 2.45) is 0 Å². The lowest BCUT2D eigenvalue weighted by Gasteiger charge is -2.14. The van der Waals surface area contributed by atoms with Crippen LogP contribution in [-0.4, -0.2) is 33.0 Å². The number of ether oxygens (including phenoxy) is 1. The highest BCUT2D eigenvalue weighted by Gasteiger charge is 2.20. The number of benzene rings is 1. The normalized spacial score (nSPS) is 12.2. The quantitative estimate of drug-likeness (QED) is 0.436. The van der Waals surface area contributed by atoms with Crippen LogP contribution < -0.4 is 0 Å². The second-order valence-electron chi connectivity index (χ2n) is 6.49. The van der Waals surface area contributed by atoms with Gasteiger partial charge in [-0.1, -0.05) is 74.6 Å². The molecule has 1 aromatic carbocycles. The molecule has 142 valence electrons. The third kappa shape index (κ3) is 6.35. The molecule has 1 atom stereocenters. The Morgan fingerprint density at radius 2 is 1.88 bits per heavy atom. The first-order chi connectivity index (χ1) is 12.8. The largest absolute Gasteiger partial charge is 0.384 e. The molecule has 1 aromatic heterocycles. The molecule has 1 unspecified atom stereocenters. The van der Waals surface area contributed by atoms with E-state index in [0.29, 0.717) is 25.1 Å². The molecule has 0 fully saturated rings. The van der Waals surface area contributed by atoms with Gasteiger partial charge in [0.1, 0.15) is 11.8 Å². The third-order valence-electron chi connectivity index (χ3n) is 4.34. The second-order valence-corrected chi connectivity index (χ2v) is 6.49. The summed E-state index contributed by atoms with van der Waals surface area (Å²) in [5.74, 6) is 0. The van der Waals surface area contributed by atoms with Gasteiger partial charge >= 0.3 is 0 Å². The van der Waals surface area contributed by atoms with Gasteiger partial charge in [-0.25, -0.2) is 4.68 Å². The van der Waals surface area contributed by atoms with Crippen LogP contribution in [0.5, 0.6) is 0 Å². The Balaban J connectivity index is 1.85. The molecule has 2 aromatic rings. The van der Waals surface area contributed by atoms with Crippen LogP contribution in [0.3, 0.4) is 0 Å². The van der Waals surface area contributed by atoms with Gasteiger partial charge in [0.2, 0.25) is 0 Å². The first kappa shape index (κ1) is 20.3. The van der Waals surface area contributed by atoms with Crippen molar-refractivity contribution in [2.75, 3.05) is 6.61 Å².